The third-order valence-electron chi connectivity index (χ3n) is 5.87. The van der Waals surface area contributed by atoms with Crippen LogP contribution in [-0.4, -0.2) is 74.9 Å². The molecule has 4 rings (SSSR count). The molecule has 1 fully saturated rings. The third kappa shape index (κ3) is 4.55. The Morgan fingerprint density at radius 2 is 1.73 bits per heavy atom. The van der Waals surface area contributed by atoms with Gasteiger partial charge in [-0.3, -0.25) is 4.79 Å². The van der Waals surface area contributed by atoms with E-state index in [1.54, 1.807) is 35.5 Å². The van der Waals surface area contributed by atoms with Crippen molar-refractivity contribution in [2.24, 2.45) is 0 Å². The Kier molecular flexibility index (Phi) is 6.87. The Hall–Kier alpha value is -2.69. The maximum Gasteiger partial charge on any atom is 0.253 e. The summed E-state index contributed by atoms with van der Waals surface area (Å²) in [5, 5.41) is 0.924. The van der Waals surface area contributed by atoms with Crippen LogP contribution in [0.3, 0.4) is 0 Å². The molecule has 3 aromatic rings. The molecule has 0 saturated carbocycles. The molecule has 8 nitrogen and oxygen atoms in total. The number of methoxy groups -OCH3 is 1. The molecule has 1 saturated heterocycles. The third-order valence-corrected chi connectivity index (χ3v) is 9.02. The van der Waals surface area contributed by atoms with Gasteiger partial charge in [0, 0.05) is 44.8 Å². The number of benzene rings is 2. The van der Waals surface area contributed by atoms with Crippen molar-refractivity contribution in [1.82, 2.24) is 14.2 Å². The molecule has 10 heteroatoms. The first-order valence-corrected chi connectivity index (χ1v) is 13.2. The van der Waals surface area contributed by atoms with Crippen molar-refractivity contribution >= 4 is 42.6 Å². The quantitative estimate of drug-likeness (QED) is 0.508. The zero-order valence-corrected chi connectivity index (χ0v) is 20.7. The van der Waals surface area contributed by atoms with Crippen LogP contribution in [0.1, 0.15) is 24.2 Å². The summed E-state index contributed by atoms with van der Waals surface area (Å²) in [4.78, 5) is 21.9. The van der Waals surface area contributed by atoms with Crippen molar-refractivity contribution in [3.05, 3.63) is 48.0 Å². The molecular formula is C23H28N4O4S2. The second kappa shape index (κ2) is 9.66. The van der Waals surface area contributed by atoms with Crippen LogP contribution in [0, 0.1) is 0 Å². The van der Waals surface area contributed by atoms with Gasteiger partial charge in [-0.1, -0.05) is 31.3 Å². The van der Waals surface area contributed by atoms with Gasteiger partial charge in [0.2, 0.25) is 10.0 Å². The number of fused-ring (bicyclic) bond motifs is 1. The first kappa shape index (κ1) is 23.5. The Morgan fingerprint density at radius 1 is 1.06 bits per heavy atom. The van der Waals surface area contributed by atoms with Crippen LogP contribution in [0.4, 0.5) is 5.13 Å². The first-order chi connectivity index (χ1) is 15.9. The number of carbonyl (C=O) groups excluding carboxylic acids is 1. The molecule has 0 radical (unpaired) electrons. The van der Waals surface area contributed by atoms with E-state index in [2.05, 4.69) is 4.90 Å². The lowest BCUT2D eigenvalue weighted by atomic mass is 10.2. The van der Waals surface area contributed by atoms with E-state index >= 15 is 0 Å². The SMILES string of the molecule is CCN(CC)S(=O)(=O)c1ccc(C(=O)N2CCN(c3nc4c(OC)cccc4s3)CC2)cc1. The number of piperazine rings is 1. The second-order valence-corrected chi connectivity index (χ2v) is 10.6. The normalized spacial score (nSPS) is 14.8. The molecule has 1 aliphatic heterocycles. The average Bonchev–Trinajstić information content (AvgIpc) is 3.29. The number of sulfonamides is 1. The van der Waals surface area contributed by atoms with Crippen LogP contribution in [0.5, 0.6) is 5.75 Å². The zero-order chi connectivity index (χ0) is 23.6. The van der Waals surface area contributed by atoms with Gasteiger partial charge in [0.25, 0.3) is 5.91 Å². The van der Waals surface area contributed by atoms with Crippen molar-refractivity contribution in [1.29, 1.82) is 0 Å². The molecule has 1 aliphatic rings. The summed E-state index contributed by atoms with van der Waals surface area (Å²) in [5.41, 5.74) is 1.35. The van der Waals surface area contributed by atoms with Gasteiger partial charge in [-0.2, -0.15) is 4.31 Å². The van der Waals surface area contributed by atoms with Crippen LogP contribution in [0.2, 0.25) is 0 Å². The van der Waals surface area contributed by atoms with E-state index in [0.717, 1.165) is 21.1 Å². The van der Waals surface area contributed by atoms with Gasteiger partial charge in [-0.25, -0.2) is 13.4 Å². The Balaban J connectivity index is 1.42. The number of thiazole rings is 1. The number of carbonyl (C=O) groups is 1. The molecule has 0 bridgehead atoms. The summed E-state index contributed by atoms with van der Waals surface area (Å²) >= 11 is 1.62. The molecule has 0 spiro atoms. The van der Waals surface area contributed by atoms with Crippen molar-refractivity contribution < 1.29 is 17.9 Å². The highest BCUT2D eigenvalue weighted by Crippen LogP contribution is 2.34. The maximum atomic E-state index is 13.0. The lowest BCUT2D eigenvalue weighted by Gasteiger charge is -2.34. The predicted octanol–water partition coefficient (Wildman–Crippen LogP) is 3.30. The molecule has 2 heterocycles. The van der Waals surface area contributed by atoms with Gasteiger partial charge in [0.1, 0.15) is 11.3 Å². The number of ether oxygens (including phenoxy) is 1. The molecule has 176 valence electrons. The molecule has 1 amide bonds. The number of amides is 1. The maximum absolute atomic E-state index is 13.0. The summed E-state index contributed by atoms with van der Waals surface area (Å²) < 4.78 is 33.2. The molecule has 2 aromatic carbocycles. The van der Waals surface area contributed by atoms with E-state index in [4.69, 9.17) is 9.72 Å². The number of para-hydroxylation sites is 1. The zero-order valence-electron chi connectivity index (χ0n) is 19.0. The van der Waals surface area contributed by atoms with Crippen LogP contribution in [0.15, 0.2) is 47.4 Å². The molecule has 0 aliphatic carbocycles. The molecule has 0 unspecified atom stereocenters. The average molecular weight is 489 g/mol. The predicted molar refractivity (Wildman–Crippen MR) is 131 cm³/mol. The smallest absolute Gasteiger partial charge is 0.253 e. The van der Waals surface area contributed by atoms with Gasteiger partial charge in [0.05, 0.1) is 16.7 Å². The van der Waals surface area contributed by atoms with E-state index in [0.29, 0.717) is 44.8 Å². The number of nitrogens with zero attached hydrogens (tertiary/aromatic N) is 4. The number of aromatic nitrogens is 1. The number of rotatable bonds is 7. The van der Waals surface area contributed by atoms with Crippen molar-refractivity contribution in [3.8, 4) is 5.75 Å². The minimum atomic E-state index is -3.54. The first-order valence-electron chi connectivity index (χ1n) is 11.0. The van der Waals surface area contributed by atoms with Gasteiger partial charge >= 0.3 is 0 Å². The fourth-order valence-corrected chi connectivity index (χ4v) is 6.47. The topological polar surface area (TPSA) is 83.1 Å². The second-order valence-electron chi connectivity index (χ2n) is 7.70. The fourth-order valence-electron chi connectivity index (χ4n) is 3.98. The van der Waals surface area contributed by atoms with Crippen molar-refractivity contribution in [3.63, 3.8) is 0 Å². The highest BCUT2D eigenvalue weighted by Gasteiger charge is 2.26. The fraction of sp³-hybridized carbons (Fsp3) is 0.391. The minimum absolute atomic E-state index is 0.0904. The molecule has 0 N–H and O–H groups in total. The Bertz CT molecular complexity index is 1230. The highest BCUT2D eigenvalue weighted by atomic mass is 32.2. The van der Waals surface area contributed by atoms with Crippen LogP contribution in [-0.2, 0) is 10.0 Å². The summed E-state index contributed by atoms with van der Waals surface area (Å²) in [5.74, 6) is 0.669. The Morgan fingerprint density at radius 3 is 2.33 bits per heavy atom. The van der Waals surface area contributed by atoms with Crippen molar-refractivity contribution in [2.75, 3.05) is 51.3 Å². The minimum Gasteiger partial charge on any atom is -0.494 e. The summed E-state index contributed by atoms with van der Waals surface area (Å²) in [6.07, 6.45) is 0. The standard InChI is InChI=1S/C23H28N4O4S2/c1-4-27(5-2)33(29,30)18-11-9-17(10-12-18)22(28)25-13-15-26(16-14-25)23-24-21-19(31-3)7-6-8-20(21)32-23/h6-12H,4-5,13-16H2,1-3H3. The highest BCUT2D eigenvalue weighted by molar-refractivity contribution is 7.89. The number of anilines is 1. The van der Waals surface area contributed by atoms with Crippen LogP contribution in [0.25, 0.3) is 10.2 Å². The van der Waals surface area contributed by atoms with Gasteiger partial charge in [0.15, 0.2) is 5.13 Å². The van der Waals surface area contributed by atoms with Gasteiger partial charge in [-0.15, -0.1) is 0 Å². The summed E-state index contributed by atoms with van der Waals surface area (Å²) in [6.45, 7) is 6.95. The lowest BCUT2D eigenvalue weighted by Crippen LogP contribution is -2.48. The summed E-state index contributed by atoms with van der Waals surface area (Å²) in [6, 6.07) is 12.1. The van der Waals surface area contributed by atoms with E-state index in [1.807, 2.05) is 32.0 Å². The van der Waals surface area contributed by atoms with Gasteiger partial charge in [-0.05, 0) is 36.4 Å². The van der Waals surface area contributed by atoms with E-state index in [1.165, 1.54) is 16.4 Å². The van der Waals surface area contributed by atoms with Crippen LogP contribution < -0.4 is 9.64 Å². The number of hydrogen-bond donors (Lipinski definition) is 0. The largest absolute Gasteiger partial charge is 0.494 e. The van der Waals surface area contributed by atoms with E-state index < -0.39 is 10.0 Å². The molecular weight excluding hydrogens is 460 g/mol. The monoisotopic (exact) mass is 488 g/mol. The van der Waals surface area contributed by atoms with E-state index in [-0.39, 0.29) is 10.8 Å². The van der Waals surface area contributed by atoms with Gasteiger partial charge < -0.3 is 14.5 Å². The number of hydrogen-bond acceptors (Lipinski definition) is 7. The molecule has 1 aromatic heterocycles. The van der Waals surface area contributed by atoms with Crippen molar-refractivity contribution in [2.45, 2.75) is 18.7 Å². The Labute approximate surface area is 198 Å². The summed E-state index contributed by atoms with van der Waals surface area (Å²) in [7, 11) is -1.89. The van der Waals surface area contributed by atoms with E-state index in [9.17, 15) is 13.2 Å². The molecule has 33 heavy (non-hydrogen) atoms. The lowest BCUT2D eigenvalue weighted by molar-refractivity contribution is 0.0746. The van der Waals surface area contributed by atoms with Crippen LogP contribution >= 0.6 is 11.3 Å². The molecule has 0 atom stereocenters.